The molecule has 3 aromatic rings. The summed E-state index contributed by atoms with van der Waals surface area (Å²) in [6.45, 7) is 2.27. The normalized spacial score (nSPS) is 11.7. The predicted octanol–water partition coefficient (Wildman–Crippen LogP) is 2.47. The van der Waals surface area contributed by atoms with Crippen LogP contribution in [0.3, 0.4) is 0 Å². The summed E-state index contributed by atoms with van der Waals surface area (Å²) < 4.78 is 11.9. The Labute approximate surface area is 173 Å². The molecule has 3 N–H and O–H groups in total. The summed E-state index contributed by atoms with van der Waals surface area (Å²) >= 11 is 1.24. The minimum Gasteiger partial charge on any atom is -0.493 e. The lowest BCUT2D eigenvalue weighted by atomic mass is 10.2. The summed E-state index contributed by atoms with van der Waals surface area (Å²) in [4.78, 5) is 12.4. The van der Waals surface area contributed by atoms with Crippen LogP contribution in [0.2, 0.25) is 0 Å². The second-order valence-corrected chi connectivity index (χ2v) is 7.52. The number of benzene rings is 2. The van der Waals surface area contributed by atoms with Gasteiger partial charge in [0, 0.05) is 12.1 Å². The first-order chi connectivity index (χ1) is 14.0. The number of carbonyl (C=O) groups excluding carboxylic acids is 1. The van der Waals surface area contributed by atoms with Gasteiger partial charge in [0.05, 0.1) is 19.5 Å². The lowest BCUT2D eigenvalue weighted by Gasteiger charge is -2.12. The molecular weight excluding hydrogens is 390 g/mol. The van der Waals surface area contributed by atoms with Crippen molar-refractivity contribution in [3.8, 4) is 22.9 Å². The first kappa shape index (κ1) is 20.5. The van der Waals surface area contributed by atoms with Gasteiger partial charge in [-0.15, -0.1) is 10.2 Å². The molecule has 0 aliphatic carbocycles. The van der Waals surface area contributed by atoms with Gasteiger partial charge < -0.3 is 20.6 Å². The molecule has 2 aromatic carbocycles. The second kappa shape index (κ2) is 9.33. The van der Waals surface area contributed by atoms with Gasteiger partial charge in [-0.1, -0.05) is 42.1 Å². The van der Waals surface area contributed by atoms with E-state index in [1.165, 1.54) is 16.4 Å². The molecule has 0 spiro atoms. The zero-order valence-electron chi connectivity index (χ0n) is 16.5. The van der Waals surface area contributed by atoms with Gasteiger partial charge in [0.15, 0.2) is 17.3 Å². The van der Waals surface area contributed by atoms with Crippen LogP contribution in [0.15, 0.2) is 53.7 Å². The van der Waals surface area contributed by atoms with E-state index in [0.717, 1.165) is 11.1 Å². The number of carbonyl (C=O) groups is 1. The molecular formula is C20H23N5O3S. The zero-order chi connectivity index (χ0) is 20.8. The van der Waals surface area contributed by atoms with Crippen LogP contribution in [0.5, 0.6) is 11.5 Å². The monoisotopic (exact) mass is 413 g/mol. The van der Waals surface area contributed by atoms with Crippen molar-refractivity contribution in [1.29, 1.82) is 0 Å². The highest BCUT2D eigenvalue weighted by Gasteiger charge is 2.20. The number of aromatic nitrogens is 3. The third-order valence-electron chi connectivity index (χ3n) is 4.27. The number of thioether (sulfide) groups is 1. The van der Waals surface area contributed by atoms with Gasteiger partial charge in [0.2, 0.25) is 11.1 Å². The van der Waals surface area contributed by atoms with Crippen molar-refractivity contribution in [2.24, 2.45) is 0 Å². The molecule has 1 unspecified atom stereocenters. The molecule has 0 fully saturated rings. The van der Waals surface area contributed by atoms with Crippen LogP contribution in [0.25, 0.3) is 11.4 Å². The maximum absolute atomic E-state index is 12.4. The molecule has 0 aliphatic heterocycles. The van der Waals surface area contributed by atoms with Crippen molar-refractivity contribution in [2.75, 3.05) is 20.1 Å². The molecule has 152 valence electrons. The molecule has 9 heteroatoms. The third-order valence-corrected chi connectivity index (χ3v) is 5.32. The molecule has 8 nitrogen and oxygen atoms in total. The predicted molar refractivity (Wildman–Crippen MR) is 112 cm³/mol. The Balaban J connectivity index is 1.68. The molecule has 1 aromatic heterocycles. The Morgan fingerprint density at radius 3 is 2.55 bits per heavy atom. The van der Waals surface area contributed by atoms with E-state index in [1.54, 1.807) is 33.3 Å². The number of nitrogens with one attached hydrogen (secondary N) is 1. The van der Waals surface area contributed by atoms with Crippen LogP contribution in [-0.4, -0.2) is 40.3 Å². The van der Waals surface area contributed by atoms with E-state index in [0.29, 0.717) is 29.0 Å². The molecule has 1 heterocycles. The van der Waals surface area contributed by atoms with Crippen molar-refractivity contribution in [1.82, 2.24) is 20.2 Å². The van der Waals surface area contributed by atoms with Crippen molar-refractivity contribution >= 4 is 17.7 Å². The largest absolute Gasteiger partial charge is 0.493 e. The summed E-state index contributed by atoms with van der Waals surface area (Å²) in [7, 11) is 3.13. The SMILES string of the molecule is COc1ccc(-c2nnc(SC(C)C(=O)NCc3ccccc3)n2N)cc1OC. The van der Waals surface area contributed by atoms with E-state index in [-0.39, 0.29) is 11.2 Å². The highest BCUT2D eigenvalue weighted by atomic mass is 32.2. The first-order valence-corrected chi connectivity index (χ1v) is 9.82. The molecule has 3 rings (SSSR count). The van der Waals surface area contributed by atoms with E-state index in [4.69, 9.17) is 15.3 Å². The van der Waals surface area contributed by atoms with Gasteiger partial charge in [0.25, 0.3) is 0 Å². The molecule has 0 aliphatic rings. The van der Waals surface area contributed by atoms with Crippen LogP contribution in [0, 0.1) is 0 Å². The smallest absolute Gasteiger partial charge is 0.233 e. The number of methoxy groups -OCH3 is 2. The molecule has 0 radical (unpaired) electrons. The van der Waals surface area contributed by atoms with Crippen LogP contribution < -0.4 is 20.6 Å². The lowest BCUT2D eigenvalue weighted by molar-refractivity contribution is -0.120. The van der Waals surface area contributed by atoms with Gasteiger partial charge in [-0.05, 0) is 30.7 Å². The topological polar surface area (TPSA) is 104 Å². The third kappa shape index (κ3) is 4.80. The van der Waals surface area contributed by atoms with E-state index in [9.17, 15) is 4.79 Å². The zero-order valence-corrected chi connectivity index (χ0v) is 17.3. The Hall–Kier alpha value is -3.20. The van der Waals surface area contributed by atoms with E-state index in [1.807, 2.05) is 36.4 Å². The summed E-state index contributed by atoms with van der Waals surface area (Å²) in [5.74, 6) is 7.71. The molecule has 0 bridgehead atoms. The van der Waals surface area contributed by atoms with Crippen LogP contribution >= 0.6 is 11.8 Å². The minimum absolute atomic E-state index is 0.102. The second-order valence-electron chi connectivity index (χ2n) is 6.21. The number of rotatable bonds is 8. The van der Waals surface area contributed by atoms with Crippen molar-refractivity contribution in [3.05, 3.63) is 54.1 Å². The van der Waals surface area contributed by atoms with E-state index < -0.39 is 0 Å². The standard InChI is InChI=1S/C20H23N5O3S/c1-13(19(26)22-12-14-7-5-4-6-8-14)29-20-24-23-18(25(20)21)15-9-10-16(27-2)17(11-15)28-3/h4-11,13H,12,21H2,1-3H3,(H,22,26). The number of nitrogens with two attached hydrogens (primary N) is 1. The summed E-state index contributed by atoms with van der Waals surface area (Å²) in [6, 6.07) is 15.1. The lowest BCUT2D eigenvalue weighted by Crippen LogP contribution is -2.30. The van der Waals surface area contributed by atoms with Crippen molar-refractivity contribution in [2.45, 2.75) is 23.9 Å². The number of ether oxygens (including phenoxy) is 2. The van der Waals surface area contributed by atoms with Crippen LogP contribution in [-0.2, 0) is 11.3 Å². The van der Waals surface area contributed by atoms with Crippen LogP contribution in [0.4, 0.5) is 0 Å². The summed E-state index contributed by atoms with van der Waals surface area (Å²) in [6.07, 6.45) is 0. The highest BCUT2D eigenvalue weighted by Crippen LogP contribution is 2.32. The van der Waals surface area contributed by atoms with Crippen LogP contribution in [0.1, 0.15) is 12.5 Å². The Morgan fingerprint density at radius 1 is 1.14 bits per heavy atom. The molecule has 1 amide bonds. The maximum atomic E-state index is 12.4. The minimum atomic E-state index is -0.386. The number of hydrogen-bond donors (Lipinski definition) is 2. The fourth-order valence-corrected chi connectivity index (χ4v) is 3.46. The number of nitrogen functional groups attached to an aromatic ring is 1. The molecule has 0 saturated carbocycles. The van der Waals surface area contributed by atoms with Crippen molar-refractivity contribution in [3.63, 3.8) is 0 Å². The number of hydrogen-bond acceptors (Lipinski definition) is 7. The van der Waals surface area contributed by atoms with Crippen molar-refractivity contribution < 1.29 is 14.3 Å². The first-order valence-electron chi connectivity index (χ1n) is 8.94. The van der Waals surface area contributed by atoms with E-state index >= 15 is 0 Å². The van der Waals surface area contributed by atoms with Gasteiger partial charge in [-0.3, -0.25) is 4.79 Å². The molecule has 1 atom stereocenters. The van der Waals surface area contributed by atoms with Gasteiger partial charge >= 0.3 is 0 Å². The fraction of sp³-hybridized carbons (Fsp3) is 0.250. The Morgan fingerprint density at radius 2 is 1.86 bits per heavy atom. The highest BCUT2D eigenvalue weighted by molar-refractivity contribution is 8.00. The molecule has 0 saturated heterocycles. The fourth-order valence-electron chi connectivity index (χ4n) is 2.67. The van der Waals surface area contributed by atoms with Gasteiger partial charge in [0.1, 0.15) is 0 Å². The number of nitrogens with zero attached hydrogens (tertiary/aromatic N) is 3. The average molecular weight is 414 g/mol. The Bertz CT molecular complexity index is 978. The number of amides is 1. The van der Waals surface area contributed by atoms with E-state index in [2.05, 4.69) is 15.5 Å². The average Bonchev–Trinajstić information content (AvgIpc) is 3.12. The quantitative estimate of drug-likeness (QED) is 0.432. The van der Waals surface area contributed by atoms with Gasteiger partial charge in [-0.25, -0.2) is 4.68 Å². The molecule has 29 heavy (non-hydrogen) atoms. The van der Waals surface area contributed by atoms with Gasteiger partial charge in [-0.2, -0.15) is 0 Å². The summed E-state index contributed by atoms with van der Waals surface area (Å²) in [5, 5.41) is 11.3. The Kier molecular flexibility index (Phi) is 6.61. The summed E-state index contributed by atoms with van der Waals surface area (Å²) in [5.41, 5.74) is 1.77. The maximum Gasteiger partial charge on any atom is 0.233 e.